The zero-order chi connectivity index (χ0) is 19.2. The average molecular weight is 461 g/mol. The number of hydrogen-bond donors (Lipinski definition) is 2. The molecule has 1 aliphatic rings. The summed E-state index contributed by atoms with van der Waals surface area (Å²) in [6.07, 6.45) is 0. The number of halogens is 3. The number of nitrogens with one attached hydrogen (secondary N) is 1. The summed E-state index contributed by atoms with van der Waals surface area (Å²) >= 11 is 6.43. The quantitative estimate of drug-likeness (QED) is 0.690. The van der Waals surface area contributed by atoms with Gasteiger partial charge in [-0.15, -0.1) is 24.8 Å². The molecule has 1 saturated heterocycles. The molecule has 1 aliphatic heterocycles. The molecule has 8 heteroatoms. The lowest BCUT2D eigenvalue weighted by Crippen LogP contribution is -2.45. The second kappa shape index (κ2) is 12.4. The van der Waals surface area contributed by atoms with Gasteiger partial charge in [-0.2, -0.15) is 0 Å². The lowest BCUT2D eigenvalue weighted by atomic mass is 10.0. The molecule has 1 fully saturated rings. The normalized spacial score (nSPS) is 16.1. The van der Waals surface area contributed by atoms with Crippen molar-refractivity contribution in [1.29, 1.82) is 0 Å². The van der Waals surface area contributed by atoms with Crippen molar-refractivity contribution in [2.45, 2.75) is 19.0 Å². The SMILES string of the molecule is Cc1ccc(C(N)C(=O)NCC(c2ccccc2Cl)N2CCOCC2)cc1.Cl.Cl. The van der Waals surface area contributed by atoms with Crippen LogP contribution in [0.4, 0.5) is 0 Å². The van der Waals surface area contributed by atoms with Crippen LogP contribution in [0.15, 0.2) is 48.5 Å². The van der Waals surface area contributed by atoms with Crippen molar-refractivity contribution in [1.82, 2.24) is 10.2 Å². The van der Waals surface area contributed by atoms with E-state index in [1.165, 1.54) is 0 Å². The van der Waals surface area contributed by atoms with E-state index in [4.69, 9.17) is 22.1 Å². The van der Waals surface area contributed by atoms with E-state index in [1.54, 1.807) is 0 Å². The van der Waals surface area contributed by atoms with Crippen molar-refractivity contribution in [2.75, 3.05) is 32.8 Å². The Kier molecular flexibility index (Phi) is 11.0. The number of nitrogens with zero attached hydrogens (tertiary/aromatic N) is 1. The van der Waals surface area contributed by atoms with Crippen molar-refractivity contribution in [3.05, 3.63) is 70.2 Å². The monoisotopic (exact) mass is 459 g/mol. The summed E-state index contributed by atoms with van der Waals surface area (Å²) in [7, 11) is 0. The summed E-state index contributed by atoms with van der Waals surface area (Å²) in [4.78, 5) is 14.9. The third-order valence-electron chi connectivity index (χ3n) is 4.94. The lowest BCUT2D eigenvalue weighted by Gasteiger charge is -2.35. The fraction of sp³-hybridized carbons (Fsp3) is 0.381. The van der Waals surface area contributed by atoms with Crippen LogP contribution in [-0.4, -0.2) is 43.7 Å². The summed E-state index contributed by atoms with van der Waals surface area (Å²) in [5.74, 6) is -0.191. The maximum Gasteiger partial charge on any atom is 0.241 e. The van der Waals surface area contributed by atoms with Crippen LogP contribution < -0.4 is 11.1 Å². The molecule has 0 aromatic heterocycles. The molecular formula is C21H28Cl3N3O2. The molecule has 2 aromatic carbocycles. The van der Waals surface area contributed by atoms with Gasteiger partial charge in [-0.1, -0.05) is 59.6 Å². The van der Waals surface area contributed by atoms with Gasteiger partial charge in [0.05, 0.1) is 19.3 Å². The fourth-order valence-corrected chi connectivity index (χ4v) is 3.56. The van der Waals surface area contributed by atoms with Crippen LogP contribution >= 0.6 is 36.4 Å². The van der Waals surface area contributed by atoms with Crippen LogP contribution in [0, 0.1) is 6.92 Å². The number of morpholine rings is 1. The Labute approximate surface area is 189 Å². The summed E-state index contributed by atoms with van der Waals surface area (Å²) in [5, 5.41) is 3.71. The molecule has 3 rings (SSSR count). The first-order chi connectivity index (χ1) is 13.1. The number of amides is 1. The zero-order valence-corrected chi connectivity index (χ0v) is 18.7. The van der Waals surface area contributed by atoms with Crippen LogP contribution in [0.1, 0.15) is 28.8 Å². The molecule has 0 spiro atoms. The summed E-state index contributed by atoms with van der Waals surface area (Å²) < 4.78 is 5.47. The number of benzene rings is 2. The molecule has 3 N–H and O–H groups in total. The first-order valence-electron chi connectivity index (χ1n) is 9.22. The molecule has 160 valence electrons. The Bertz CT molecular complexity index is 768. The van der Waals surface area contributed by atoms with Gasteiger partial charge in [0.1, 0.15) is 6.04 Å². The second-order valence-electron chi connectivity index (χ2n) is 6.82. The zero-order valence-electron chi connectivity index (χ0n) is 16.3. The number of carbonyl (C=O) groups excluding carboxylic acids is 1. The van der Waals surface area contributed by atoms with Gasteiger partial charge in [0.25, 0.3) is 0 Å². The number of aryl methyl sites for hydroxylation is 1. The van der Waals surface area contributed by atoms with E-state index in [9.17, 15) is 4.79 Å². The minimum absolute atomic E-state index is 0. The van der Waals surface area contributed by atoms with Crippen molar-refractivity contribution in [2.24, 2.45) is 5.73 Å². The second-order valence-corrected chi connectivity index (χ2v) is 7.23. The molecule has 1 amide bonds. The Hall–Kier alpha value is -1.34. The van der Waals surface area contributed by atoms with E-state index in [1.807, 2.05) is 55.5 Å². The summed E-state index contributed by atoms with van der Waals surface area (Å²) in [6, 6.07) is 14.8. The highest BCUT2D eigenvalue weighted by molar-refractivity contribution is 6.31. The molecular weight excluding hydrogens is 433 g/mol. The van der Waals surface area contributed by atoms with E-state index in [0.29, 0.717) is 24.8 Å². The van der Waals surface area contributed by atoms with Gasteiger partial charge in [-0.05, 0) is 24.1 Å². The maximum atomic E-state index is 12.6. The molecule has 2 aromatic rings. The maximum absolute atomic E-state index is 12.6. The summed E-state index contributed by atoms with van der Waals surface area (Å²) in [6.45, 7) is 5.41. The third kappa shape index (κ3) is 6.85. The molecule has 0 aliphatic carbocycles. The topological polar surface area (TPSA) is 67.6 Å². The lowest BCUT2D eigenvalue weighted by molar-refractivity contribution is -0.122. The van der Waals surface area contributed by atoms with Gasteiger partial charge >= 0.3 is 0 Å². The highest BCUT2D eigenvalue weighted by atomic mass is 35.5. The third-order valence-corrected chi connectivity index (χ3v) is 5.28. The van der Waals surface area contributed by atoms with Crippen LogP contribution in [0.2, 0.25) is 5.02 Å². The van der Waals surface area contributed by atoms with Crippen molar-refractivity contribution in [3.8, 4) is 0 Å². The van der Waals surface area contributed by atoms with Gasteiger partial charge < -0.3 is 15.8 Å². The van der Waals surface area contributed by atoms with Gasteiger partial charge in [-0.3, -0.25) is 9.69 Å². The number of nitrogens with two attached hydrogens (primary N) is 1. The Morgan fingerprint density at radius 2 is 1.76 bits per heavy atom. The van der Waals surface area contributed by atoms with Crippen molar-refractivity contribution < 1.29 is 9.53 Å². The van der Waals surface area contributed by atoms with E-state index < -0.39 is 6.04 Å². The molecule has 2 atom stereocenters. The van der Waals surface area contributed by atoms with E-state index in [2.05, 4.69) is 10.2 Å². The van der Waals surface area contributed by atoms with Crippen molar-refractivity contribution in [3.63, 3.8) is 0 Å². The first kappa shape index (κ1) is 25.7. The van der Waals surface area contributed by atoms with Gasteiger partial charge in [-0.25, -0.2) is 0 Å². The molecule has 0 saturated carbocycles. The molecule has 29 heavy (non-hydrogen) atoms. The predicted molar refractivity (Wildman–Crippen MR) is 122 cm³/mol. The molecule has 0 radical (unpaired) electrons. The van der Waals surface area contributed by atoms with Gasteiger partial charge in [0.2, 0.25) is 5.91 Å². The molecule has 2 unspecified atom stereocenters. The summed E-state index contributed by atoms with van der Waals surface area (Å²) in [5.41, 5.74) is 9.10. The molecule has 5 nitrogen and oxygen atoms in total. The largest absolute Gasteiger partial charge is 0.379 e. The number of hydrogen-bond acceptors (Lipinski definition) is 4. The van der Waals surface area contributed by atoms with Crippen molar-refractivity contribution >= 4 is 42.3 Å². The van der Waals surface area contributed by atoms with Crippen LogP contribution in [0.25, 0.3) is 0 Å². The number of ether oxygens (including phenoxy) is 1. The predicted octanol–water partition coefficient (Wildman–Crippen LogP) is 3.68. The average Bonchev–Trinajstić information content (AvgIpc) is 2.70. The highest BCUT2D eigenvalue weighted by Crippen LogP contribution is 2.28. The Morgan fingerprint density at radius 1 is 1.14 bits per heavy atom. The number of carbonyl (C=O) groups is 1. The van der Waals surface area contributed by atoms with Gasteiger partial charge in [0.15, 0.2) is 0 Å². The molecule has 0 bridgehead atoms. The number of rotatable bonds is 6. The minimum atomic E-state index is -0.692. The Balaban J connectivity index is 0.00000210. The standard InChI is InChI=1S/C21H26ClN3O2.2ClH/c1-15-6-8-16(9-7-15)20(23)21(26)24-14-19(25-10-12-27-13-11-25)17-4-2-3-5-18(17)22;;/h2-9,19-20H,10-14,23H2,1H3,(H,24,26);2*1H. The molecule has 1 heterocycles. The smallest absolute Gasteiger partial charge is 0.241 e. The fourth-order valence-electron chi connectivity index (χ4n) is 3.30. The minimum Gasteiger partial charge on any atom is -0.379 e. The van der Waals surface area contributed by atoms with Crippen LogP contribution in [-0.2, 0) is 9.53 Å². The van der Waals surface area contributed by atoms with Gasteiger partial charge in [0, 0.05) is 24.7 Å². The van der Waals surface area contributed by atoms with Crippen LogP contribution in [0.5, 0.6) is 0 Å². The van der Waals surface area contributed by atoms with E-state index in [0.717, 1.165) is 29.8 Å². The Morgan fingerprint density at radius 3 is 2.38 bits per heavy atom. The highest BCUT2D eigenvalue weighted by Gasteiger charge is 2.26. The first-order valence-corrected chi connectivity index (χ1v) is 9.60. The van der Waals surface area contributed by atoms with E-state index in [-0.39, 0.29) is 36.8 Å². The van der Waals surface area contributed by atoms with Crippen LogP contribution in [0.3, 0.4) is 0 Å². The van der Waals surface area contributed by atoms with E-state index >= 15 is 0 Å².